The van der Waals surface area contributed by atoms with Gasteiger partial charge in [0.15, 0.2) is 0 Å². The van der Waals surface area contributed by atoms with Crippen LogP contribution < -0.4 is 9.30 Å². The van der Waals surface area contributed by atoms with Crippen LogP contribution in [0.3, 0.4) is 0 Å². The molecule has 6 nitrogen and oxygen atoms in total. The molecule has 0 saturated carbocycles. The molecule has 0 fully saturated rings. The highest BCUT2D eigenvalue weighted by Crippen LogP contribution is 2.55. The Balaban J connectivity index is 1.04. The molecule has 2 aliphatic carbocycles. The number of nitrogens with zero attached hydrogens (tertiary/aromatic N) is 5. The van der Waals surface area contributed by atoms with Crippen LogP contribution in [-0.4, -0.2) is 18.7 Å². The van der Waals surface area contributed by atoms with Crippen molar-refractivity contribution in [2.45, 2.75) is 155 Å². The van der Waals surface area contributed by atoms with Crippen LogP contribution in [0.1, 0.15) is 182 Å². The van der Waals surface area contributed by atoms with Gasteiger partial charge in [0.1, 0.15) is 17.3 Å². The Morgan fingerprint density at radius 1 is 0.479 bits per heavy atom. The van der Waals surface area contributed by atoms with Gasteiger partial charge in [-0.3, -0.25) is 13.7 Å². The van der Waals surface area contributed by atoms with Crippen LogP contribution in [0.5, 0.6) is 11.5 Å². The number of imidazole rings is 1. The first-order chi connectivity index (χ1) is 53.6. The van der Waals surface area contributed by atoms with Gasteiger partial charge in [-0.15, -0.1) is 0 Å². The number of hydrogen-bond acceptors (Lipinski definition) is 2. The SMILES string of the molecule is [2H]c1c([2H])c2c(c([2H])c1-c1cc3c4c(c1)n(-c1cccc(Oc5ccc6c7ccccc7n(-c7cc(C(C)(C)C)ccn7)c6c5)c1)[c-][n+]4-c1c(cc(C(C)(C)C)cc1-n1c4ccccc4c4ccccc41)-c1cc4c(cc1-c1ccccc1-3)C(C)(C)CCC4(C)C)C(C([2H])([2H])[2H])(C([2H])([2H])[2H])C([2H])([2H])C([2H])([2H])C2(C([2H])([2H])[2H])C([2H])([2H])[2H]. The summed E-state index contributed by atoms with van der Waals surface area (Å²) in [6.07, 6.45) is -1.57. The number of pyridine rings is 1. The Morgan fingerprint density at radius 2 is 1.06 bits per heavy atom. The molecule has 10 aromatic carbocycles. The van der Waals surface area contributed by atoms with Crippen LogP contribution in [0, 0.1) is 6.33 Å². The van der Waals surface area contributed by atoms with Crippen LogP contribution in [-0.2, 0) is 32.5 Å². The molecule has 0 radical (unpaired) electrons. The van der Waals surface area contributed by atoms with Crippen molar-refractivity contribution in [3.63, 3.8) is 0 Å². The van der Waals surface area contributed by atoms with E-state index >= 15 is 0 Å². The molecule has 0 N–H and O–H groups in total. The first kappa shape index (κ1) is 42.6. The average molecular weight is 1270 g/mol. The highest BCUT2D eigenvalue weighted by molar-refractivity contribution is 6.11. The molecular formula is C90H85N5O. The lowest BCUT2D eigenvalue weighted by Crippen LogP contribution is -2.34. The topological polar surface area (TPSA) is 40.8 Å². The zero-order chi connectivity index (χ0) is 82.5. The van der Waals surface area contributed by atoms with Crippen LogP contribution >= 0.6 is 0 Å². The van der Waals surface area contributed by atoms with E-state index in [4.69, 9.17) is 17.9 Å². The van der Waals surface area contributed by atoms with Crippen molar-refractivity contribution in [3.05, 3.63) is 252 Å². The van der Waals surface area contributed by atoms with E-state index < -0.39 is 91.2 Å². The zero-order valence-corrected chi connectivity index (χ0v) is 55.5. The van der Waals surface area contributed by atoms with E-state index in [1.807, 2.05) is 120 Å². The first-order valence-corrected chi connectivity index (χ1v) is 33.1. The number of fused-ring (bicyclic) bond motifs is 15. The molecule has 4 aromatic heterocycles. The number of rotatable bonds is 6. The van der Waals surface area contributed by atoms with Crippen molar-refractivity contribution in [2.24, 2.45) is 0 Å². The minimum Gasteiger partial charge on any atom is -0.458 e. The van der Waals surface area contributed by atoms with Crippen molar-refractivity contribution >= 4 is 54.6 Å². The summed E-state index contributed by atoms with van der Waals surface area (Å²) in [5, 5.41) is 3.95. The quantitative estimate of drug-likeness (QED) is 0.123. The van der Waals surface area contributed by atoms with Crippen molar-refractivity contribution in [3.8, 4) is 78.9 Å². The third-order valence-electron chi connectivity index (χ3n) is 20.6. The molecule has 1 aliphatic heterocycles. The Bertz CT molecular complexity index is 6400. The summed E-state index contributed by atoms with van der Waals surface area (Å²) >= 11 is 0. The summed E-state index contributed by atoms with van der Waals surface area (Å²) in [5.74, 6) is 1.56. The average Bonchev–Trinajstić information content (AvgIpc) is 1.39. The van der Waals surface area contributed by atoms with Gasteiger partial charge in [-0.1, -0.05) is 218 Å². The normalized spacial score (nSPS) is 20.5. The molecule has 0 amide bonds. The van der Waals surface area contributed by atoms with Crippen LogP contribution in [0.2, 0.25) is 0 Å². The van der Waals surface area contributed by atoms with Gasteiger partial charge in [-0.25, -0.2) is 4.98 Å². The van der Waals surface area contributed by atoms with Crippen LogP contribution in [0.25, 0.3) is 122 Å². The molecule has 6 heteroatoms. The molecule has 0 unspecified atom stereocenters. The molecule has 0 spiro atoms. The van der Waals surface area contributed by atoms with Gasteiger partial charge in [-0.05, 0) is 215 Å². The molecule has 96 heavy (non-hydrogen) atoms. The largest absolute Gasteiger partial charge is 0.458 e. The monoisotopic (exact) mass is 1270 g/mol. The van der Waals surface area contributed by atoms with Gasteiger partial charge in [0.2, 0.25) is 0 Å². The Labute approximate surface area is 592 Å². The van der Waals surface area contributed by atoms with Gasteiger partial charge in [0, 0.05) is 55.7 Å². The summed E-state index contributed by atoms with van der Waals surface area (Å²) in [5.41, 5.74) is 0.745. The molecule has 17 rings (SSSR count). The van der Waals surface area contributed by atoms with E-state index in [0.717, 1.165) is 107 Å². The Hall–Kier alpha value is -9.78. The van der Waals surface area contributed by atoms with Crippen molar-refractivity contribution in [1.82, 2.24) is 18.7 Å². The van der Waals surface area contributed by atoms with E-state index in [2.05, 4.69) is 151 Å². The fourth-order valence-electron chi connectivity index (χ4n) is 15.3. The molecule has 476 valence electrons. The van der Waals surface area contributed by atoms with E-state index in [1.54, 1.807) is 16.7 Å². The van der Waals surface area contributed by atoms with Gasteiger partial charge in [-0.2, -0.15) is 0 Å². The number of hydrogen-bond donors (Lipinski definition) is 0. The van der Waals surface area contributed by atoms with Gasteiger partial charge in [0.25, 0.3) is 6.33 Å². The second-order valence-corrected chi connectivity index (χ2v) is 30.0. The maximum Gasteiger partial charge on any atom is 0.269 e. The second kappa shape index (κ2) is 20.9. The number of para-hydroxylation sites is 3. The maximum atomic E-state index is 10.7. The molecule has 14 aromatic rings. The Morgan fingerprint density at radius 3 is 1.71 bits per heavy atom. The molecule has 3 aliphatic rings. The Kier molecular flexibility index (Phi) is 9.26. The summed E-state index contributed by atoms with van der Waals surface area (Å²) in [7, 11) is 0. The second-order valence-electron chi connectivity index (χ2n) is 30.0. The minimum atomic E-state index is -4.55. The van der Waals surface area contributed by atoms with Gasteiger partial charge >= 0.3 is 0 Å². The number of benzene rings is 10. The van der Waals surface area contributed by atoms with Crippen molar-refractivity contribution < 1.29 is 35.3 Å². The highest BCUT2D eigenvalue weighted by Gasteiger charge is 2.41. The predicted octanol–water partition coefficient (Wildman–Crippen LogP) is 23.4. The first-order valence-electron chi connectivity index (χ1n) is 42.6. The van der Waals surface area contributed by atoms with E-state index in [1.165, 1.54) is 5.56 Å². The zero-order valence-electron chi connectivity index (χ0n) is 74.5. The molecule has 0 bridgehead atoms. The van der Waals surface area contributed by atoms with Gasteiger partial charge in [0.05, 0.1) is 54.3 Å². The predicted molar refractivity (Wildman–Crippen MR) is 400 cm³/mol. The van der Waals surface area contributed by atoms with Crippen molar-refractivity contribution in [1.29, 1.82) is 0 Å². The van der Waals surface area contributed by atoms with Crippen LogP contribution in [0.4, 0.5) is 0 Å². The standard InChI is InChI=1S/C90H85N5O/c1-85(2,3)57-38-43-91-82(49-57)95-78-33-22-19-30-66(78)67-36-35-61(51-79(67)95)96-60-25-23-24-59(50-60)92-54-93-83-70(44-56(46-80(83)92)55-34-37-72-73(45-55)88(9,10)40-39-87(72,7)8)63-27-16-15-26-62(63)68-52-74-75(90(13,14)42-41-89(74,11)12)53-69(68)71-47-58(86(4,5)6)48-81(84(71)93)94-76-31-20-17-28-64(76)65-29-18-21-32-77(65)94/h15-38,43-53H,39-42H2,1-14H3/i7D3,8D3,9D3,10D3,34D,37D,39D2,40D2,45D. The molecule has 0 saturated heterocycles. The summed E-state index contributed by atoms with van der Waals surface area (Å²) in [4.78, 5) is 4.93. The third kappa shape index (κ3) is 9.32. The van der Waals surface area contributed by atoms with Crippen molar-refractivity contribution in [2.75, 3.05) is 0 Å². The minimum absolute atomic E-state index is 0.173. The maximum absolute atomic E-state index is 10.7. The lowest BCUT2D eigenvalue weighted by molar-refractivity contribution is -0.571. The number of aromatic nitrogens is 5. The molecule has 0 atom stereocenters. The van der Waals surface area contributed by atoms with E-state index in [0.29, 0.717) is 39.5 Å². The number of ether oxygens (including phenoxy) is 1. The van der Waals surface area contributed by atoms with E-state index in [9.17, 15) is 17.8 Å². The smallest absolute Gasteiger partial charge is 0.269 e. The lowest BCUT2D eigenvalue weighted by atomic mass is 9.62. The fraction of sp³-hybridized carbons (Fsp3) is 0.267. The van der Waals surface area contributed by atoms with Gasteiger partial charge < -0.3 is 9.30 Å². The summed E-state index contributed by atoms with van der Waals surface area (Å²) in [6.45, 7) is 5.08. The van der Waals surface area contributed by atoms with E-state index in [-0.39, 0.29) is 27.3 Å². The molecule has 5 heterocycles. The molecular weight excluding hydrogens is 1170 g/mol. The third-order valence-corrected chi connectivity index (χ3v) is 20.6. The fourth-order valence-corrected chi connectivity index (χ4v) is 15.3. The highest BCUT2D eigenvalue weighted by atomic mass is 16.5. The summed E-state index contributed by atoms with van der Waals surface area (Å²) in [6, 6.07) is 58.4. The van der Waals surface area contributed by atoms with Crippen LogP contribution in [0.15, 0.2) is 212 Å². The lowest BCUT2D eigenvalue weighted by Gasteiger charge is -2.42. The summed E-state index contributed by atoms with van der Waals surface area (Å²) < 4.78 is 196.